The zero-order valence-electron chi connectivity index (χ0n) is 30.4. The van der Waals surface area contributed by atoms with Crippen molar-refractivity contribution in [2.24, 2.45) is 0 Å². The molecule has 0 saturated heterocycles. The molecule has 9 rings (SSSR count). The van der Waals surface area contributed by atoms with E-state index in [0.29, 0.717) is 0 Å². The van der Waals surface area contributed by atoms with Crippen LogP contribution in [0.25, 0.3) is 65.4 Å². The Morgan fingerprint density at radius 1 is 0.667 bits per heavy atom. The minimum atomic E-state index is 0.745. The van der Waals surface area contributed by atoms with E-state index in [-0.39, 0.29) is 0 Å². The molecule has 0 unspecified atom stereocenters. The molecule has 2 heteroatoms. The standard InChI is InChI=1S/C52H40O2/c1-34(35(2)27-30-40-31-39-29-28-38-32-49-47(33-46(38)52(39)53-40)41-19-15-16-24-48(41)54-49)25-26-36(3)50-42-20-11-13-22-44(42)51(45-23-14-12-21-43(45)50)37-17-9-7-5-4-6-8-10-18-37/h4-5,7-16,18-30,32-33H,1,3,6,17,31H2,2H3/b5-4-,9-7-,10-8-,26-25-,35-27+,37-18?,40-30+. The summed E-state index contributed by atoms with van der Waals surface area (Å²) in [7, 11) is 0. The molecule has 2 heterocycles. The van der Waals surface area contributed by atoms with Crippen LogP contribution in [0, 0.1) is 0 Å². The number of rotatable bonds is 6. The minimum Gasteiger partial charge on any atom is -0.460 e. The molecular formula is C52H40O2. The Kier molecular flexibility index (Phi) is 8.65. The Morgan fingerprint density at radius 2 is 1.37 bits per heavy atom. The maximum atomic E-state index is 6.51. The third-order valence-corrected chi connectivity index (χ3v) is 10.7. The van der Waals surface area contributed by atoms with Gasteiger partial charge in [-0.3, -0.25) is 0 Å². The van der Waals surface area contributed by atoms with Crippen molar-refractivity contribution in [1.82, 2.24) is 0 Å². The molecule has 2 nitrogen and oxygen atoms in total. The van der Waals surface area contributed by atoms with Crippen molar-refractivity contribution in [3.05, 3.63) is 211 Å². The zero-order chi connectivity index (χ0) is 36.6. The molecule has 0 spiro atoms. The number of ether oxygens (including phenoxy) is 1. The second kappa shape index (κ2) is 14.1. The summed E-state index contributed by atoms with van der Waals surface area (Å²) in [5.41, 5.74) is 9.65. The molecule has 0 amide bonds. The lowest BCUT2D eigenvalue weighted by Crippen LogP contribution is -1.95. The molecule has 0 saturated carbocycles. The Hall–Kier alpha value is -6.64. The summed E-state index contributed by atoms with van der Waals surface area (Å²) in [6, 6.07) is 34.3. The molecule has 54 heavy (non-hydrogen) atoms. The van der Waals surface area contributed by atoms with Gasteiger partial charge in [-0.15, -0.1) is 0 Å². The van der Waals surface area contributed by atoms with Crippen molar-refractivity contribution in [2.45, 2.75) is 26.2 Å². The van der Waals surface area contributed by atoms with Crippen LogP contribution < -0.4 is 4.74 Å². The van der Waals surface area contributed by atoms with E-state index in [1.807, 2.05) is 12.1 Å². The zero-order valence-corrected chi connectivity index (χ0v) is 30.4. The predicted octanol–water partition coefficient (Wildman–Crippen LogP) is 14.5. The molecule has 0 bridgehead atoms. The van der Waals surface area contributed by atoms with Gasteiger partial charge in [0, 0.05) is 28.1 Å². The lowest BCUT2D eigenvalue weighted by molar-refractivity contribution is 0.451. The molecule has 0 N–H and O–H groups in total. The minimum absolute atomic E-state index is 0.745. The van der Waals surface area contributed by atoms with Gasteiger partial charge in [-0.25, -0.2) is 0 Å². The lowest BCUT2D eigenvalue weighted by atomic mass is 9.85. The summed E-state index contributed by atoms with van der Waals surface area (Å²) in [5, 5.41) is 9.30. The van der Waals surface area contributed by atoms with E-state index >= 15 is 0 Å². The van der Waals surface area contributed by atoms with E-state index in [1.165, 1.54) is 38.2 Å². The second-order valence-electron chi connectivity index (χ2n) is 14.1. The van der Waals surface area contributed by atoms with Crippen molar-refractivity contribution < 1.29 is 9.15 Å². The van der Waals surface area contributed by atoms with Crippen LogP contribution in [0.1, 0.15) is 36.5 Å². The molecule has 0 fully saturated rings. The summed E-state index contributed by atoms with van der Waals surface area (Å²) in [4.78, 5) is 0. The summed E-state index contributed by atoms with van der Waals surface area (Å²) in [6.45, 7) is 11.1. The largest absolute Gasteiger partial charge is 0.460 e. The van der Waals surface area contributed by atoms with E-state index in [1.54, 1.807) is 0 Å². The molecule has 1 aliphatic heterocycles. The fourth-order valence-electron chi connectivity index (χ4n) is 7.85. The van der Waals surface area contributed by atoms with Crippen LogP contribution in [0.5, 0.6) is 5.75 Å². The number of hydrogen-bond acceptors (Lipinski definition) is 2. The van der Waals surface area contributed by atoms with Crippen molar-refractivity contribution in [3.8, 4) is 5.75 Å². The second-order valence-corrected chi connectivity index (χ2v) is 14.1. The molecule has 1 aliphatic carbocycles. The first-order chi connectivity index (χ1) is 26.5. The van der Waals surface area contributed by atoms with E-state index < -0.39 is 0 Å². The summed E-state index contributed by atoms with van der Waals surface area (Å²) in [6.07, 6.45) is 26.3. The fourth-order valence-corrected chi connectivity index (χ4v) is 7.85. The highest BCUT2D eigenvalue weighted by Crippen LogP contribution is 2.43. The molecule has 7 aromatic rings. The molecule has 0 atom stereocenters. The van der Waals surface area contributed by atoms with Crippen LogP contribution in [0.15, 0.2) is 198 Å². The third kappa shape index (κ3) is 6.06. The molecule has 0 radical (unpaired) electrons. The first-order valence-corrected chi connectivity index (χ1v) is 18.6. The van der Waals surface area contributed by atoms with Gasteiger partial charge < -0.3 is 9.15 Å². The van der Waals surface area contributed by atoms with Gasteiger partial charge in [-0.05, 0) is 104 Å². The van der Waals surface area contributed by atoms with Gasteiger partial charge in [0.05, 0.1) is 0 Å². The summed E-state index contributed by atoms with van der Waals surface area (Å²) < 4.78 is 12.7. The number of para-hydroxylation sites is 1. The molecular weight excluding hydrogens is 657 g/mol. The van der Waals surface area contributed by atoms with E-state index in [0.717, 1.165) is 85.8 Å². The van der Waals surface area contributed by atoms with E-state index in [9.17, 15) is 0 Å². The fraction of sp³-hybridized carbons (Fsp3) is 0.0769. The highest BCUT2D eigenvalue weighted by Gasteiger charge is 2.21. The topological polar surface area (TPSA) is 22.4 Å². The summed E-state index contributed by atoms with van der Waals surface area (Å²) >= 11 is 0. The van der Waals surface area contributed by atoms with Crippen molar-refractivity contribution in [2.75, 3.05) is 0 Å². The average Bonchev–Trinajstić information content (AvgIpc) is 3.80. The van der Waals surface area contributed by atoms with Crippen LogP contribution in [0.4, 0.5) is 0 Å². The Labute approximate surface area is 316 Å². The van der Waals surface area contributed by atoms with E-state index in [4.69, 9.17) is 9.15 Å². The van der Waals surface area contributed by atoms with Gasteiger partial charge in [0.25, 0.3) is 0 Å². The highest BCUT2D eigenvalue weighted by atomic mass is 16.5. The number of furan rings is 1. The Bertz CT molecular complexity index is 2850. The van der Waals surface area contributed by atoms with Gasteiger partial charge in [0.1, 0.15) is 22.7 Å². The van der Waals surface area contributed by atoms with Gasteiger partial charge >= 0.3 is 0 Å². The van der Waals surface area contributed by atoms with Gasteiger partial charge in [-0.1, -0.05) is 153 Å². The van der Waals surface area contributed by atoms with Crippen LogP contribution in [0.2, 0.25) is 0 Å². The van der Waals surface area contributed by atoms with Crippen LogP contribution in [-0.4, -0.2) is 0 Å². The molecule has 260 valence electrons. The van der Waals surface area contributed by atoms with Gasteiger partial charge in [0.15, 0.2) is 0 Å². The Morgan fingerprint density at radius 3 is 2.17 bits per heavy atom. The van der Waals surface area contributed by atoms with Crippen LogP contribution >= 0.6 is 0 Å². The average molecular weight is 697 g/mol. The number of allylic oxidation sites excluding steroid dienone is 16. The normalized spacial score (nSPS) is 17.3. The van der Waals surface area contributed by atoms with Gasteiger partial charge in [0.2, 0.25) is 0 Å². The smallest absolute Gasteiger partial charge is 0.138 e. The quantitative estimate of drug-likeness (QED) is 0.128. The lowest BCUT2D eigenvalue weighted by Gasteiger charge is -2.19. The van der Waals surface area contributed by atoms with Crippen LogP contribution in [0.3, 0.4) is 0 Å². The van der Waals surface area contributed by atoms with Crippen molar-refractivity contribution >= 4 is 65.4 Å². The third-order valence-electron chi connectivity index (χ3n) is 10.7. The Balaban J connectivity index is 0.995. The first-order valence-electron chi connectivity index (χ1n) is 18.6. The summed E-state index contributed by atoms with van der Waals surface area (Å²) in [5.74, 6) is 1.85. The maximum Gasteiger partial charge on any atom is 0.138 e. The first kappa shape index (κ1) is 33.2. The van der Waals surface area contributed by atoms with Crippen LogP contribution in [-0.2, 0) is 6.42 Å². The number of fused-ring (bicyclic) bond motifs is 8. The highest BCUT2D eigenvalue weighted by molar-refractivity contribution is 6.17. The molecule has 6 aromatic carbocycles. The monoisotopic (exact) mass is 696 g/mol. The predicted molar refractivity (Wildman–Crippen MR) is 231 cm³/mol. The van der Waals surface area contributed by atoms with Gasteiger partial charge in [-0.2, -0.15) is 0 Å². The SMILES string of the molecule is C=C(/C=C\C(=C)c1c2ccccc2c(C2=C/C=C\C/C=C\C=C/C2)c2ccccc12)/C(C)=C/C=C1\Cc2ccc3cc4oc5ccccc5c4cc3c2O1. The molecule has 2 aliphatic rings. The van der Waals surface area contributed by atoms with Crippen molar-refractivity contribution in [1.29, 1.82) is 0 Å². The van der Waals surface area contributed by atoms with E-state index in [2.05, 4.69) is 172 Å². The number of hydrogen-bond donors (Lipinski definition) is 0. The maximum absolute atomic E-state index is 6.51. The van der Waals surface area contributed by atoms with Crippen molar-refractivity contribution in [3.63, 3.8) is 0 Å². The number of benzene rings is 6. The molecule has 1 aromatic heterocycles.